The summed E-state index contributed by atoms with van der Waals surface area (Å²) in [7, 11) is 3.17. The van der Waals surface area contributed by atoms with Gasteiger partial charge in [-0.25, -0.2) is 4.79 Å². The smallest absolute Gasteiger partial charge is 0.339 e. The summed E-state index contributed by atoms with van der Waals surface area (Å²) in [6.45, 7) is 2.69. The van der Waals surface area contributed by atoms with Gasteiger partial charge in [0.15, 0.2) is 0 Å². The summed E-state index contributed by atoms with van der Waals surface area (Å²) in [5.41, 5.74) is 1.28. The van der Waals surface area contributed by atoms with Crippen LogP contribution < -0.4 is 0 Å². The highest BCUT2D eigenvalue weighted by molar-refractivity contribution is 5.88. The number of carbonyl (C=O) groups is 2. The Labute approximate surface area is 118 Å². The second-order valence-corrected chi connectivity index (χ2v) is 4.91. The number of ether oxygens (including phenoxy) is 1. The number of likely N-dealkylation sites (N-methyl/N-ethyl adjacent to an activating group) is 1. The third-order valence-electron chi connectivity index (χ3n) is 3.38. The molecule has 1 fully saturated rings. The molecule has 2 heterocycles. The van der Waals surface area contributed by atoms with Gasteiger partial charge in [-0.1, -0.05) is 0 Å². The lowest BCUT2D eigenvalue weighted by atomic mass is 10.2. The number of esters is 1. The van der Waals surface area contributed by atoms with Gasteiger partial charge in [0.25, 0.3) is 0 Å². The fourth-order valence-electron chi connectivity index (χ4n) is 2.17. The molecule has 1 aliphatic rings. The standard InChI is InChI=1S/C14H19N3O3/c1-16-6-3-7-17(10-13(16)18)9-12-5-4-11(8-15-12)14(19)20-2/h4-5,8H,3,6-7,9-10H2,1-2H3. The van der Waals surface area contributed by atoms with Crippen molar-refractivity contribution in [3.8, 4) is 0 Å². The summed E-state index contributed by atoms with van der Waals surface area (Å²) in [4.78, 5) is 31.2. The quantitative estimate of drug-likeness (QED) is 0.754. The minimum atomic E-state index is -0.393. The van der Waals surface area contributed by atoms with Gasteiger partial charge < -0.3 is 9.64 Å². The van der Waals surface area contributed by atoms with Crippen LogP contribution in [0.1, 0.15) is 22.5 Å². The van der Waals surface area contributed by atoms with E-state index in [9.17, 15) is 9.59 Å². The van der Waals surface area contributed by atoms with E-state index >= 15 is 0 Å². The predicted octanol–water partition coefficient (Wildman–Crippen LogP) is 0.532. The van der Waals surface area contributed by atoms with Crippen LogP contribution in [0.2, 0.25) is 0 Å². The molecule has 0 saturated carbocycles. The normalized spacial score (nSPS) is 16.9. The molecule has 1 saturated heterocycles. The topological polar surface area (TPSA) is 62.7 Å². The highest BCUT2D eigenvalue weighted by Gasteiger charge is 2.19. The zero-order chi connectivity index (χ0) is 14.5. The molecule has 108 valence electrons. The Morgan fingerprint density at radius 2 is 2.20 bits per heavy atom. The molecule has 1 aromatic heterocycles. The maximum atomic E-state index is 11.8. The third kappa shape index (κ3) is 3.54. The first kappa shape index (κ1) is 14.5. The van der Waals surface area contributed by atoms with Gasteiger partial charge >= 0.3 is 5.97 Å². The number of aromatic nitrogens is 1. The largest absolute Gasteiger partial charge is 0.465 e. The van der Waals surface area contributed by atoms with Crippen molar-refractivity contribution in [1.29, 1.82) is 0 Å². The van der Waals surface area contributed by atoms with Gasteiger partial charge in [-0.05, 0) is 18.6 Å². The van der Waals surface area contributed by atoms with E-state index in [0.29, 0.717) is 18.7 Å². The number of nitrogens with zero attached hydrogens (tertiary/aromatic N) is 3. The van der Waals surface area contributed by atoms with Crippen molar-refractivity contribution in [2.24, 2.45) is 0 Å². The van der Waals surface area contributed by atoms with Crippen molar-refractivity contribution in [2.45, 2.75) is 13.0 Å². The van der Waals surface area contributed by atoms with Crippen LogP contribution in [0.15, 0.2) is 18.3 Å². The van der Waals surface area contributed by atoms with Gasteiger partial charge in [-0.3, -0.25) is 14.7 Å². The zero-order valence-electron chi connectivity index (χ0n) is 11.8. The monoisotopic (exact) mass is 277 g/mol. The Morgan fingerprint density at radius 3 is 2.85 bits per heavy atom. The SMILES string of the molecule is COC(=O)c1ccc(CN2CCCN(C)C(=O)C2)nc1. The van der Waals surface area contributed by atoms with Gasteiger partial charge in [0.1, 0.15) is 0 Å². The molecule has 1 amide bonds. The zero-order valence-corrected chi connectivity index (χ0v) is 11.8. The molecule has 0 atom stereocenters. The highest BCUT2D eigenvalue weighted by Crippen LogP contribution is 2.08. The minimum absolute atomic E-state index is 0.133. The first-order valence-corrected chi connectivity index (χ1v) is 6.59. The average molecular weight is 277 g/mol. The van der Waals surface area contributed by atoms with Gasteiger partial charge in [0.2, 0.25) is 5.91 Å². The predicted molar refractivity (Wildman–Crippen MR) is 73.1 cm³/mol. The van der Waals surface area contributed by atoms with E-state index in [-0.39, 0.29) is 5.91 Å². The highest BCUT2D eigenvalue weighted by atomic mass is 16.5. The number of carbonyl (C=O) groups excluding carboxylic acids is 2. The third-order valence-corrected chi connectivity index (χ3v) is 3.38. The van der Waals surface area contributed by atoms with Gasteiger partial charge in [0.05, 0.1) is 24.9 Å². The van der Waals surface area contributed by atoms with Crippen molar-refractivity contribution in [3.05, 3.63) is 29.6 Å². The lowest BCUT2D eigenvalue weighted by Crippen LogP contribution is -2.34. The number of hydrogen-bond acceptors (Lipinski definition) is 5. The van der Waals surface area contributed by atoms with Gasteiger partial charge in [-0.2, -0.15) is 0 Å². The van der Waals surface area contributed by atoms with Crippen molar-refractivity contribution < 1.29 is 14.3 Å². The van der Waals surface area contributed by atoms with E-state index in [1.807, 2.05) is 7.05 Å². The summed E-state index contributed by atoms with van der Waals surface area (Å²) in [5, 5.41) is 0. The number of methoxy groups -OCH3 is 1. The van der Waals surface area contributed by atoms with Crippen molar-refractivity contribution >= 4 is 11.9 Å². The Kier molecular flexibility index (Phi) is 4.68. The molecular weight excluding hydrogens is 258 g/mol. The number of hydrogen-bond donors (Lipinski definition) is 0. The molecule has 1 aromatic rings. The second kappa shape index (κ2) is 6.47. The van der Waals surface area contributed by atoms with Gasteiger partial charge in [0, 0.05) is 32.9 Å². The summed E-state index contributed by atoms with van der Waals surface area (Å²) >= 11 is 0. The maximum Gasteiger partial charge on any atom is 0.339 e. The number of pyridine rings is 1. The molecule has 1 aliphatic heterocycles. The van der Waals surface area contributed by atoms with Crippen LogP contribution in [0.5, 0.6) is 0 Å². The first-order valence-electron chi connectivity index (χ1n) is 6.59. The summed E-state index contributed by atoms with van der Waals surface area (Å²) in [6.07, 6.45) is 2.47. The summed E-state index contributed by atoms with van der Waals surface area (Å²) < 4.78 is 4.63. The van der Waals surface area contributed by atoms with Crippen LogP contribution in [0.3, 0.4) is 0 Å². The molecule has 6 nitrogen and oxygen atoms in total. The second-order valence-electron chi connectivity index (χ2n) is 4.91. The van der Waals surface area contributed by atoms with E-state index in [0.717, 1.165) is 25.2 Å². The fraction of sp³-hybridized carbons (Fsp3) is 0.500. The van der Waals surface area contributed by atoms with E-state index in [1.54, 1.807) is 17.0 Å². The van der Waals surface area contributed by atoms with Crippen molar-refractivity contribution in [2.75, 3.05) is 33.8 Å². The van der Waals surface area contributed by atoms with E-state index in [1.165, 1.54) is 13.3 Å². The number of rotatable bonds is 3. The molecular formula is C14H19N3O3. The molecule has 0 radical (unpaired) electrons. The van der Waals surface area contributed by atoms with Crippen LogP contribution >= 0.6 is 0 Å². The van der Waals surface area contributed by atoms with Crippen LogP contribution in [0.4, 0.5) is 0 Å². The van der Waals surface area contributed by atoms with E-state index in [2.05, 4.69) is 14.6 Å². The molecule has 0 unspecified atom stereocenters. The lowest BCUT2D eigenvalue weighted by molar-refractivity contribution is -0.130. The van der Waals surface area contributed by atoms with Crippen molar-refractivity contribution in [1.82, 2.24) is 14.8 Å². The van der Waals surface area contributed by atoms with Crippen LogP contribution in [0, 0.1) is 0 Å². The Morgan fingerprint density at radius 1 is 1.40 bits per heavy atom. The molecule has 0 N–H and O–H groups in total. The van der Waals surface area contributed by atoms with E-state index < -0.39 is 5.97 Å². The first-order chi connectivity index (χ1) is 9.60. The molecule has 2 rings (SSSR count). The fourth-order valence-corrected chi connectivity index (χ4v) is 2.17. The molecule has 0 spiro atoms. The molecule has 0 bridgehead atoms. The summed E-state index contributed by atoms with van der Waals surface area (Å²) in [6, 6.07) is 3.49. The Hall–Kier alpha value is -1.95. The number of amides is 1. The Bertz CT molecular complexity index is 487. The van der Waals surface area contributed by atoms with Crippen LogP contribution in [-0.2, 0) is 16.1 Å². The average Bonchev–Trinajstić information content (AvgIpc) is 2.61. The molecule has 0 aromatic carbocycles. The Balaban J connectivity index is 1.99. The van der Waals surface area contributed by atoms with Crippen molar-refractivity contribution in [3.63, 3.8) is 0 Å². The van der Waals surface area contributed by atoms with Crippen LogP contribution in [-0.4, -0.2) is 60.5 Å². The molecule has 6 heteroatoms. The van der Waals surface area contributed by atoms with E-state index in [4.69, 9.17) is 0 Å². The molecule has 20 heavy (non-hydrogen) atoms. The lowest BCUT2D eigenvalue weighted by Gasteiger charge is -2.18. The summed E-state index contributed by atoms with van der Waals surface area (Å²) in [5.74, 6) is -0.260. The van der Waals surface area contributed by atoms with Crippen LogP contribution in [0.25, 0.3) is 0 Å². The maximum absolute atomic E-state index is 11.8. The van der Waals surface area contributed by atoms with Gasteiger partial charge in [-0.15, -0.1) is 0 Å². The molecule has 0 aliphatic carbocycles. The minimum Gasteiger partial charge on any atom is -0.465 e.